The highest BCUT2D eigenvalue weighted by Gasteiger charge is 2.19. The van der Waals surface area contributed by atoms with Crippen molar-refractivity contribution in [3.05, 3.63) is 29.8 Å². The quantitative estimate of drug-likeness (QED) is 0.810. The Morgan fingerprint density at radius 3 is 2.42 bits per heavy atom. The number of ether oxygens (including phenoxy) is 1. The van der Waals surface area contributed by atoms with Crippen LogP contribution in [-0.2, 0) is 11.2 Å². The molecule has 1 fully saturated rings. The van der Waals surface area contributed by atoms with Crippen molar-refractivity contribution in [2.75, 3.05) is 32.8 Å². The topological polar surface area (TPSA) is 58.8 Å². The van der Waals surface area contributed by atoms with Gasteiger partial charge in [0.25, 0.3) is 0 Å². The summed E-state index contributed by atoms with van der Waals surface area (Å²) in [7, 11) is 0. The first-order valence-electron chi connectivity index (χ1n) is 6.68. The van der Waals surface area contributed by atoms with E-state index in [4.69, 9.17) is 10.6 Å². The predicted octanol–water partition coefficient (Wildman–Crippen LogP) is 0.646. The van der Waals surface area contributed by atoms with Crippen LogP contribution in [0, 0.1) is 0 Å². The molecule has 19 heavy (non-hydrogen) atoms. The van der Waals surface area contributed by atoms with E-state index in [0.717, 1.165) is 24.4 Å². The number of carbonyl (C=O) groups excluding carboxylic acids is 1. The van der Waals surface area contributed by atoms with E-state index in [1.807, 2.05) is 36.1 Å². The lowest BCUT2D eigenvalue weighted by Gasteiger charge is -2.32. The van der Waals surface area contributed by atoms with Gasteiger partial charge in [0.1, 0.15) is 5.75 Å². The average Bonchev–Trinajstić information content (AvgIpc) is 2.42. The number of amides is 1. The molecule has 5 nitrogen and oxygen atoms in total. The van der Waals surface area contributed by atoms with Gasteiger partial charge in [0.2, 0.25) is 5.91 Å². The van der Waals surface area contributed by atoms with E-state index in [1.54, 1.807) is 5.01 Å². The molecule has 0 atom stereocenters. The van der Waals surface area contributed by atoms with E-state index in [9.17, 15) is 4.79 Å². The summed E-state index contributed by atoms with van der Waals surface area (Å²) in [6, 6.07) is 7.71. The summed E-state index contributed by atoms with van der Waals surface area (Å²) in [6.07, 6.45) is 0.441. The second-order valence-corrected chi connectivity index (χ2v) is 4.67. The lowest BCUT2D eigenvalue weighted by Crippen LogP contribution is -2.51. The fourth-order valence-corrected chi connectivity index (χ4v) is 2.13. The number of hydrogen-bond acceptors (Lipinski definition) is 4. The molecule has 0 bridgehead atoms. The molecule has 1 aromatic carbocycles. The lowest BCUT2D eigenvalue weighted by atomic mass is 10.1. The van der Waals surface area contributed by atoms with Crippen LogP contribution in [0.1, 0.15) is 12.5 Å². The molecule has 1 amide bonds. The number of nitrogens with two attached hydrogens (primary N) is 1. The second kappa shape index (κ2) is 6.54. The zero-order chi connectivity index (χ0) is 13.7. The van der Waals surface area contributed by atoms with Gasteiger partial charge >= 0.3 is 0 Å². The fraction of sp³-hybridized carbons (Fsp3) is 0.500. The Morgan fingerprint density at radius 1 is 1.21 bits per heavy atom. The van der Waals surface area contributed by atoms with Gasteiger partial charge in [-0.15, -0.1) is 0 Å². The van der Waals surface area contributed by atoms with Crippen molar-refractivity contribution >= 4 is 5.91 Å². The van der Waals surface area contributed by atoms with Gasteiger partial charge in [-0.3, -0.25) is 10.6 Å². The monoisotopic (exact) mass is 263 g/mol. The first kappa shape index (κ1) is 13.8. The van der Waals surface area contributed by atoms with Crippen molar-refractivity contribution < 1.29 is 9.53 Å². The van der Waals surface area contributed by atoms with Gasteiger partial charge in [-0.05, 0) is 24.6 Å². The zero-order valence-electron chi connectivity index (χ0n) is 11.3. The number of benzene rings is 1. The minimum absolute atomic E-state index is 0.164. The van der Waals surface area contributed by atoms with Crippen LogP contribution in [0.4, 0.5) is 0 Å². The van der Waals surface area contributed by atoms with Gasteiger partial charge in [-0.25, -0.2) is 5.01 Å². The van der Waals surface area contributed by atoms with Gasteiger partial charge in [0.15, 0.2) is 0 Å². The summed E-state index contributed by atoms with van der Waals surface area (Å²) >= 11 is 0. The number of hydrazine groups is 1. The van der Waals surface area contributed by atoms with Crippen LogP contribution in [0.5, 0.6) is 5.75 Å². The van der Waals surface area contributed by atoms with E-state index in [2.05, 4.69) is 0 Å². The summed E-state index contributed by atoms with van der Waals surface area (Å²) in [5.41, 5.74) is 1.02. The van der Waals surface area contributed by atoms with Gasteiger partial charge in [-0.1, -0.05) is 12.1 Å². The molecule has 1 heterocycles. The molecule has 0 radical (unpaired) electrons. The number of hydrogen-bond donors (Lipinski definition) is 1. The van der Waals surface area contributed by atoms with E-state index in [-0.39, 0.29) is 5.91 Å². The first-order valence-corrected chi connectivity index (χ1v) is 6.68. The van der Waals surface area contributed by atoms with Crippen LogP contribution in [0.2, 0.25) is 0 Å². The molecule has 2 N–H and O–H groups in total. The van der Waals surface area contributed by atoms with Crippen molar-refractivity contribution in [2.24, 2.45) is 5.84 Å². The van der Waals surface area contributed by atoms with Gasteiger partial charge < -0.3 is 9.64 Å². The SMILES string of the molecule is CCOc1ccc(CC(=O)N2CCN(N)CC2)cc1. The van der Waals surface area contributed by atoms with Gasteiger partial charge in [0.05, 0.1) is 13.0 Å². The smallest absolute Gasteiger partial charge is 0.227 e. The van der Waals surface area contributed by atoms with E-state index in [1.165, 1.54) is 0 Å². The Kier molecular flexibility index (Phi) is 4.76. The van der Waals surface area contributed by atoms with E-state index >= 15 is 0 Å². The highest BCUT2D eigenvalue weighted by molar-refractivity contribution is 5.78. The second-order valence-electron chi connectivity index (χ2n) is 4.67. The molecule has 2 rings (SSSR count). The number of nitrogens with zero attached hydrogens (tertiary/aromatic N) is 2. The van der Waals surface area contributed by atoms with Crippen LogP contribution in [-0.4, -0.2) is 48.6 Å². The predicted molar refractivity (Wildman–Crippen MR) is 73.7 cm³/mol. The Balaban J connectivity index is 1.88. The van der Waals surface area contributed by atoms with Gasteiger partial charge in [-0.2, -0.15) is 0 Å². The van der Waals surface area contributed by atoms with Crippen molar-refractivity contribution in [3.63, 3.8) is 0 Å². The molecule has 1 aliphatic rings. The Labute approximate surface area is 113 Å². The Morgan fingerprint density at radius 2 is 1.84 bits per heavy atom. The third-order valence-electron chi connectivity index (χ3n) is 3.26. The zero-order valence-corrected chi connectivity index (χ0v) is 11.3. The summed E-state index contributed by atoms with van der Waals surface area (Å²) in [4.78, 5) is 14.0. The summed E-state index contributed by atoms with van der Waals surface area (Å²) in [6.45, 7) is 5.53. The first-order chi connectivity index (χ1) is 9.19. The number of carbonyl (C=O) groups is 1. The molecule has 104 valence electrons. The minimum Gasteiger partial charge on any atom is -0.494 e. The maximum atomic E-state index is 12.1. The number of rotatable bonds is 4. The van der Waals surface area contributed by atoms with Gasteiger partial charge in [0, 0.05) is 26.2 Å². The third kappa shape index (κ3) is 3.94. The minimum atomic E-state index is 0.164. The Hall–Kier alpha value is -1.59. The highest BCUT2D eigenvalue weighted by atomic mass is 16.5. The number of piperazine rings is 1. The standard InChI is InChI=1S/C14H21N3O2/c1-2-19-13-5-3-12(4-6-13)11-14(18)16-7-9-17(15)10-8-16/h3-6H,2,7-11,15H2,1H3. The van der Waals surface area contributed by atoms with E-state index in [0.29, 0.717) is 26.1 Å². The maximum Gasteiger partial charge on any atom is 0.227 e. The molecule has 0 unspecified atom stereocenters. The molecule has 0 aliphatic carbocycles. The average molecular weight is 263 g/mol. The van der Waals surface area contributed by atoms with Crippen LogP contribution in [0.3, 0.4) is 0 Å². The summed E-state index contributed by atoms with van der Waals surface area (Å²) < 4.78 is 5.38. The van der Waals surface area contributed by atoms with E-state index < -0.39 is 0 Å². The summed E-state index contributed by atoms with van der Waals surface area (Å²) in [5.74, 6) is 6.68. The van der Waals surface area contributed by atoms with Crippen molar-refractivity contribution in [3.8, 4) is 5.75 Å². The molecule has 1 aromatic rings. The van der Waals surface area contributed by atoms with Crippen molar-refractivity contribution in [1.29, 1.82) is 0 Å². The maximum absolute atomic E-state index is 12.1. The highest BCUT2D eigenvalue weighted by Crippen LogP contribution is 2.13. The molecule has 1 saturated heterocycles. The summed E-state index contributed by atoms with van der Waals surface area (Å²) in [5, 5.41) is 1.75. The molecular formula is C14H21N3O2. The van der Waals surface area contributed by atoms with Crippen LogP contribution >= 0.6 is 0 Å². The molecule has 0 aromatic heterocycles. The van der Waals surface area contributed by atoms with Crippen LogP contribution < -0.4 is 10.6 Å². The third-order valence-corrected chi connectivity index (χ3v) is 3.26. The molecule has 1 aliphatic heterocycles. The molecule has 5 heteroatoms. The largest absolute Gasteiger partial charge is 0.494 e. The van der Waals surface area contributed by atoms with Crippen LogP contribution in [0.15, 0.2) is 24.3 Å². The normalized spacial score (nSPS) is 16.4. The van der Waals surface area contributed by atoms with Crippen LogP contribution in [0.25, 0.3) is 0 Å². The molecular weight excluding hydrogens is 242 g/mol. The Bertz CT molecular complexity index is 411. The fourth-order valence-electron chi connectivity index (χ4n) is 2.13. The molecule has 0 saturated carbocycles. The van der Waals surface area contributed by atoms with Crippen molar-refractivity contribution in [1.82, 2.24) is 9.91 Å². The lowest BCUT2D eigenvalue weighted by molar-refractivity contribution is -0.132. The molecule has 0 spiro atoms. The van der Waals surface area contributed by atoms with Crippen molar-refractivity contribution in [2.45, 2.75) is 13.3 Å².